The summed E-state index contributed by atoms with van der Waals surface area (Å²) in [6.07, 6.45) is 0.537. The molecule has 2 aromatic heterocycles. The van der Waals surface area contributed by atoms with Crippen molar-refractivity contribution < 1.29 is 19.1 Å². The molecular formula is C29H27FN6O3S. The highest BCUT2D eigenvalue weighted by atomic mass is 32.1. The van der Waals surface area contributed by atoms with E-state index in [0.29, 0.717) is 35.6 Å². The predicted molar refractivity (Wildman–Crippen MR) is 152 cm³/mol. The molecule has 40 heavy (non-hydrogen) atoms. The fourth-order valence-corrected chi connectivity index (χ4v) is 5.29. The van der Waals surface area contributed by atoms with Gasteiger partial charge in [-0.1, -0.05) is 54.7 Å². The van der Waals surface area contributed by atoms with Gasteiger partial charge in [-0.3, -0.25) is 4.79 Å². The van der Waals surface area contributed by atoms with Crippen molar-refractivity contribution in [1.29, 1.82) is 0 Å². The molecule has 204 valence electrons. The van der Waals surface area contributed by atoms with Crippen LogP contribution in [0.5, 0.6) is 0 Å². The Hall–Kier alpha value is -4.64. The number of rotatable bonds is 10. The lowest BCUT2D eigenvalue weighted by Crippen LogP contribution is -2.42. The summed E-state index contributed by atoms with van der Waals surface area (Å²) < 4.78 is 13.8. The number of fused-ring (bicyclic) bond motifs is 1. The van der Waals surface area contributed by atoms with Crippen LogP contribution in [0, 0.1) is 12.7 Å². The zero-order valence-electron chi connectivity index (χ0n) is 21.9. The average Bonchev–Trinajstić information content (AvgIpc) is 3.58. The van der Waals surface area contributed by atoms with Gasteiger partial charge in [0.1, 0.15) is 21.9 Å². The molecule has 5 aromatic rings. The van der Waals surface area contributed by atoms with E-state index in [4.69, 9.17) is 0 Å². The molecule has 0 bridgehead atoms. The highest BCUT2D eigenvalue weighted by molar-refractivity contribution is 7.14. The molecule has 0 fully saturated rings. The topological polar surface area (TPSA) is 133 Å². The number of aliphatic carboxylic acids is 1. The van der Waals surface area contributed by atoms with E-state index < -0.39 is 23.7 Å². The van der Waals surface area contributed by atoms with Gasteiger partial charge in [0, 0.05) is 17.5 Å². The number of carbonyl (C=O) groups is 2. The Morgan fingerprint density at radius 1 is 1.10 bits per heavy atom. The number of aromatic amines is 1. The number of nitrogens with zero attached hydrogens (tertiary/aromatic N) is 3. The molecule has 5 rings (SSSR count). The molecule has 2 heterocycles. The van der Waals surface area contributed by atoms with E-state index in [1.165, 1.54) is 23.5 Å². The monoisotopic (exact) mass is 558 g/mol. The number of halogens is 1. The third-order valence-corrected chi connectivity index (χ3v) is 7.47. The quantitative estimate of drug-likeness (QED) is 0.187. The van der Waals surface area contributed by atoms with Crippen LogP contribution in [0.4, 0.5) is 10.3 Å². The highest BCUT2D eigenvalue weighted by Gasteiger charge is 2.24. The van der Waals surface area contributed by atoms with Crippen molar-refractivity contribution in [3.05, 3.63) is 93.7 Å². The molecule has 3 aromatic carbocycles. The normalized spacial score (nSPS) is 11.9. The van der Waals surface area contributed by atoms with E-state index in [0.717, 1.165) is 32.2 Å². The SMILES string of the molecule is CCc1cc(F)cc(C)c1C(=O)NC(Cc1ccc(-c2nnc(CNc3nc4ccccc4[nH]3)s2)cc1)C(=O)O. The second kappa shape index (κ2) is 11.6. The average molecular weight is 559 g/mol. The fourth-order valence-electron chi connectivity index (χ4n) is 4.50. The van der Waals surface area contributed by atoms with Gasteiger partial charge in [-0.2, -0.15) is 0 Å². The molecule has 1 atom stereocenters. The smallest absolute Gasteiger partial charge is 0.326 e. The number of carbonyl (C=O) groups excluding carboxylic acids is 1. The van der Waals surface area contributed by atoms with Crippen molar-refractivity contribution in [2.45, 2.75) is 39.3 Å². The fraction of sp³-hybridized carbons (Fsp3) is 0.207. The summed E-state index contributed by atoms with van der Waals surface area (Å²) in [5.41, 5.74) is 4.72. The summed E-state index contributed by atoms with van der Waals surface area (Å²) in [6, 6.07) is 16.5. The number of hydrogen-bond acceptors (Lipinski definition) is 7. The maximum Gasteiger partial charge on any atom is 0.326 e. The summed E-state index contributed by atoms with van der Waals surface area (Å²) in [5, 5.41) is 25.7. The second-order valence-electron chi connectivity index (χ2n) is 9.33. The molecule has 0 aliphatic carbocycles. The van der Waals surface area contributed by atoms with E-state index in [1.54, 1.807) is 6.92 Å². The molecule has 11 heteroatoms. The summed E-state index contributed by atoms with van der Waals surface area (Å²) in [7, 11) is 0. The van der Waals surface area contributed by atoms with Crippen molar-refractivity contribution in [3.63, 3.8) is 0 Å². The van der Waals surface area contributed by atoms with Crippen molar-refractivity contribution in [2.75, 3.05) is 5.32 Å². The molecule has 4 N–H and O–H groups in total. The summed E-state index contributed by atoms with van der Waals surface area (Å²) >= 11 is 1.44. The number of para-hydroxylation sites is 2. The van der Waals surface area contributed by atoms with E-state index in [9.17, 15) is 19.1 Å². The van der Waals surface area contributed by atoms with Crippen LogP contribution in [-0.4, -0.2) is 43.2 Å². The third kappa shape index (κ3) is 5.99. The summed E-state index contributed by atoms with van der Waals surface area (Å²) in [5.74, 6) is -1.45. The third-order valence-electron chi connectivity index (χ3n) is 6.50. The van der Waals surface area contributed by atoms with Gasteiger partial charge in [0.2, 0.25) is 5.95 Å². The maximum absolute atomic E-state index is 13.8. The van der Waals surface area contributed by atoms with Gasteiger partial charge in [-0.05, 0) is 54.3 Å². The molecule has 0 aliphatic rings. The number of benzene rings is 3. The minimum atomic E-state index is -1.15. The first-order valence-electron chi connectivity index (χ1n) is 12.7. The van der Waals surface area contributed by atoms with Gasteiger partial charge in [0.25, 0.3) is 5.91 Å². The van der Waals surface area contributed by atoms with Crippen LogP contribution in [0.3, 0.4) is 0 Å². The molecule has 0 aliphatic heterocycles. The standard InChI is InChI=1S/C29H27FN6O3S/c1-3-18-14-20(30)12-16(2)25(18)26(37)32-23(28(38)39)13-17-8-10-19(11-9-17)27-36-35-24(40-27)15-31-29-33-21-6-4-5-7-22(21)34-29/h4-12,14,23H,3,13,15H2,1-2H3,(H,32,37)(H,38,39)(H2,31,33,34). The molecule has 0 radical (unpaired) electrons. The number of nitrogens with one attached hydrogen (secondary N) is 3. The molecule has 1 amide bonds. The Kier molecular flexibility index (Phi) is 7.83. The van der Waals surface area contributed by atoms with Gasteiger partial charge in [-0.15, -0.1) is 10.2 Å². The number of carboxylic acids is 1. The molecule has 9 nitrogen and oxygen atoms in total. The zero-order chi connectivity index (χ0) is 28.2. The van der Waals surface area contributed by atoms with Crippen LogP contribution in [0.15, 0.2) is 60.7 Å². The van der Waals surface area contributed by atoms with E-state index in [-0.39, 0.29) is 6.42 Å². The molecule has 0 saturated heterocycles. The molecular weight excluding hydrogens is 531 g/mol. The predicted octanol–water partition coefficient (Wildman–Crippen LogP) is 5.13. The number of anilines is 1. The van der Waals surface area contributed by atoms with Gasteiger partial charge in [-0.25, -0.2) is 14.2 Å². The Balaban J connectivity index is 1.22. The zero-order valence-corrected chi connectivity index (χ0v) is 22.7. The van der Waals surface area contributed by atoms with E-state index in [1.807, 2.05) is 55.5 Å². The van der Waals surface area contributed by atoms with Crippen molar-refractivity contribution in [3.8, 4) is 10.6 Å². The molecule has 0 spiro atoms. The lowest BCUT2D eigenvalue weighted by molar-refractivity contribution is -0.139. The minimum absolute atomic E-state index is 0.0891. The van der Waals surface area contributed by atoms with Crippen LogP contribution in [0.1, 0.15) is 39.0 Å². The number of hydrogen-bond donors (Lipinski definition) is 4. The van der Waals surface area contributed by atoms with Crippen LogP contribution < -0.4 is 10.6 Å². The number of aromatic nitrogens is 4. The Morgan fingerprint density at radius 3 is 2.60 bits per heavy atom. The lowest BCUT2D eigenvalue weighted by atomic mass is 9.98. The number of aryl methyl sites for hydroxylation is 2. The number of carboxylic acid groups (broad SMARTS) is 1. The summed E-state index contributed by atoms with van der Waals surface area (Å²) in [4.78, 5) is 32.6. The first-order chi connectivity index (χ1) is 19.3. The Labute approximate surface area is 233 Å². The van der Waals surface area contributed by atoms with Crippen molar-refractivity contribution in [1.82, 2.24) is 25.5 Å². The lowest BCUT2D eigenvalue weighted by Gasteiger charge is -2.17. The van der Waals surface area contributed by atoms with Gasteiger partial charge in [0.15, 0.2) is 0 Å². The van der Waals surface area contributed by atoms with Crippen LogP contribution >= 0.6 is 11.3 Å². The van der Waals surface area contributed by atoms with E-state index in [2.05, 4.69) is 30.8 Å². The van der Waals surface area contributed by atoms with Crippen molar-refractivity contribution in [2.24, 2.45) is 0 Å². The minimum Gasteiger partial charge on any atom is -0.480 e. The van der Waals surface area contributed by atoms with Crippen molar-refractivity contribution >= 4 is 40.2 Å². The number of imidazole rings is 1. The largest absolute Gasteiger partial charge is 0.480 e. The maximum atomic E-state index is 13.8. The Morgan fingerprint density at radius 2 is 1.88 bits per heavy atom. The second-order valence-corrected chi connectivity index (χ2v) is 10.4. The van der Waals surface area contributed by atoms with Gasteiger partial charge in [0.05, 0.1) is 17.6 Å². The van der Waals surface area contributed by atoms with Gasteiger partial charge < -0.3 is 20.7 Å². The van der Waals surface area contributed by atoms with Crippen LogP contribution in [0.25, 0.3) is 21.6 Å². The van der Waals surface area contributed by atoms with Crippen LogP contribution in [-0.2, 0) is 24.2 Å². The highest BCUT2D eigenvalue weighted by Crippen LogP contribution is 2.25. The number of amides is 1. The van der Waals surface area contributed by atoms with Gasteiger partial charge >= 0.3 is 5.97 Å². The number of H-pyrrole nitrogens is 1. The molecule has 1 unspecified atom stereocenters. The first kappa shape index (κ1) is 26.9. The Bertz CT molecular complexity index is 1650. The summed E-state index contributed by atoms with van der Waals surface area (Å²) in [6.45, 7) is 3.92. The first-order valence-corrected chi connectivity index (χ1v) is 13.6. The molecule has 0 saturated carbocycles. The van der Waals surface area contributed by atoms with Crippen LogP contribution in [0.2, 0.25) is 0 Å². The van der Waals surface area contributed by atoms with E-state index >= 15 is 0 Å².